The second kappa shape index (κ2) is 7.41. The van der Waals surface area contributed by atoms with E-state index in [0.29, 0.717) is 23.7 Å². The third-order valence-electron chi connectivity index (χ3n) is 3.45. The zero-order valence-electron chi connectivity index (χ0n) is 13.3. The zero-order valence-corrected chi connectivity index (χ0v) is 13.3. The Balaban J connectivity index is 1.77. The predicted octanol–water partition coefficient (Wildman–Crippen LogP) is 3.06. The smallest absolute Gasteiger partial charge is 0.265 e. The Labute approximate surface area is 140 Å². The second-order valence-corrected chi connectivity index (χ2v) is 5.14. The number of amides is 1. The van der Waals surface area contributed by atoms with Crippen molar-refractivity contribution in [3.8, 4) is 11.6 Å². The fourth-order valence-corrected chi connectivity index (χ4v) is 2.27. The van der Waals surface area contributed by atoms with Crippen molar-refractivity contribution < 1.29 is 9.53 Å². The molecule has 0 saturated carbocycles. The molecule has 0 aliphatic heterocycles. The van der Waals surface area contributed by atoms with E-state index < -0.39 is 6.10 Å². The lowest BCUT2D eigenvalue weighted by Gasteiger charge is -2.18. The van der Waals surface area contributed by atoms with Crippen molar-refractivity contribution in [3.05, 3.63) is 67.1 Å². The van der Waals surface area contributed by atoms with Gasteiger partial charge in [0.1, 0.15) is 5.75 Å². The summed E-state index contributed by atoms with van der Waals surface area (Å²) in [6.45, 7) is 1.91. The maximum absolute atomic E-state index is 12.6. The highest BCUT2D eigenvalue weighted by atomic mass is 16.5. The topological polar surface area (TPSA) is 69.0 Å². The molecule has 3 rings (SSSR count). The van der Waals surface area contributed by atoms with Crippen LogP contribution in [-0.2, 0) is 4.79 Å². The zero-order chi connectivity index (χ0) is 16.8. The number of nitrogens with zero attached hydrogens (tertiary/aromatic N) is 3. The quantitative estimate of drug-likeness (QED) is 0.757. The minimum atomic E-state index is -0.585. The summed E-state index contributed by atoms with van der Waals surface area (Å²) in [4.78, 5) is 16.9. The third-order valence-corrected chi connectivity index (χ3v) is 3.45. The molecule has 1 unspecified atom stereocenters. The van der Waals surface area contributed by atoms with Gasteiger partial charge in [0.05, 0.1) is 5.69 Å². The van der Waals surface area contributed by atoms with Gasteiger partial charge in [-0.1, -0.05) is 25.1 Å². The Morgan fingerprint density at radius 1 is 1.17 bits per heavy atom. The molecule has 1 N–H and O–H groups in total. The molecule has 122 valence electrons. The van der Waals surface area contributed by atoms with Gasteiger partial charge in [-0.15, -0.1) is 0 Å². The summed E-state index contributed by atoms with van der Waals surface area (Å²) in [7, 11) is 0. The summed E-state index contributed by atoms with van der Waals surface area (Å²) >= 11 is 0. The highest BCUT2D eigenvalue weighted by Gasteiger charge is 2.20. The van der Waals surface area contributed by atoms with Crippen molar-refractivity contribution in [2.24, 2.45) is 0 Å². The summed E-state index contributed by atoms with van der Waals surface area (Å²) in [6, 6.07) is 14.7. The summed E-state index contributed by atoms with van der Waals surface area (Å²) in [5.41, 5.74) is 0.585. The lowest BCUT2D eigenvalue weighted by Crippen LogP contribution is -2.32. The fraction of sp³-hybridized carbons (Fsp3) is 0.167. The van der Waals surface area contributed by atoms with Crippen molar-refractivity contribution >= 4 is 11.6 Å². The van der Waals surface area contributed by atoms with E-state index in [9.17, 15) is 4.79 Å². The minimum absolute atomic E-state index is 0.220. The van der Waals surface area contributed by atoms with E-state index in [1.54, 1.807) is 41.5 Å². The molecule has 2 heterocycles. The van der Waals surface area contributed by atoms with Gasteiger partial charge < -0.3 is 10.1 Å². The number of nitrogens with one attached hydrogen (secondary N) is 1. The van der Waals surface area contributed by atoms with Crippen LogP contribution in [0.15, 0.2) is 67.1 Å². The first-order valence-corrected chi connectivity index (χ1v) is 7.75. The van der Waals surface area contributed by atoms with Gasteiger partial charge in [-0.3, -0.25) is 4.79 Å². The Morgan fingerprint density at radius 2 is 2.00 bits per heavy atom. The number of hydrogen-bond donors (Lipinski definition) is 1. The van der Waals surface area contributed by atoms with Crippen LogP contribution in [0.25, 0.3) is 5.82 Å². The van der Waals surface area contributed by atoms with E-state index in [4.69, 9.17) is 4.74 Å². The van der Waals surface area contributed by atoms with Crippen LogP contribution in [-0.4, -0.2) is 26.8 Å². The molecule has 0 bridgehead atoms. The minimum Gasteiger partial charge on any atom is -0.481 e. The summed E-state index contributed by atoms with van der Waals surface area (Å²) in [5, 5.41) is 7.04. The SMILES string of the molecule is CCC(Oc1ccccc1)C(=O)Nc1cccnc1-n1cccn1. The molecule has 1 amide bonds. The third kappa shape index (κ3) is 3.60. The molecule has 0 fully saturated rings. The lowest BCUT2D eigenvalue weighted by atomic mass is 10.2. The average Bonchev–Trinajstić information content (AvgIpc) is 3.15. The van der Waals surface area contributed by atoms with Gasteiger partial charge in [-0.25, -0.2) is 9.67 Å². The number of anilines is 1. The molecule has 0 saturated heterocycles. The van der Waals surface area contributed by atoms with Crippen LogP contribution >= 0.6 is 0 Å². The Morgan fingerprint density at radius 3 is 2.71 bits per heavy atom. The van der Waals surface area contributed by atoms with E-state index in [2.05, 4.69) is 15.4 Å². The molecule has 1 atom stereocenters. The van der Waals surface area contributed by atoms with E-state index in [1.165, 1.54) is 0 Å². The van der Waals surface area contributed by atoms with E-state index in [-0.39, 0.29) is 5.91 Å². The maximum Gasteiger partial charge on any atom is 0.265 e. The van der Waals surface area contributed by atoms with Gasteiger partial charge in [-0.05, 0) is 36.8 Å². The van der Waals surface area contributed by atoms with Crippen LogP contribution < -0.4 is 10.1 Å². The molecule has 24 heavy (non-hydrogen) atoms. The first-order valence-electron chi connectivity index (χ1n) is 7.75. The standard InChI is InChI=1S/C18H18N4O2/c1-2-16(24-14-8-4-3-5-9-14)18(23)21-15-10-6-11-19-17(15)22-13-7-12-20-22/h3-13,16H,2H2,1H3,(H,21,23). The highest BCUT2D eigenvalue weighted by Crippen LogP contribution is 2.18. The Bertz CT molecular complexity index is 788. The van der Waals surface area contributed by atoms with Gasteiger partial charge in [0.15, 0.2) is 11.9 Å². The number of carbonyl (C=O) groups is 1. The van der Waals surface area contributed by atoms with Gasteiger partial charge in [-0.2, -0.15) is 5.10 Å². The first kappa shape index (κ1) is 15.7. The Hall–Kier alpha value is -3.15. The van der Waals surface area contributed by atoms with Crippen molar-refractivity contribution in [2.75, 3.05) is 5.32 Å². The Kier molecular flexibility index (Phi) is 4.86. The monoisotopic (exact) mass is 322 g/mol. The van der Waals surface area contributed by atoms with E-state index >= 15 is 0 Å². The van der Waals surface area contributed by atoms with Crippen LogP contribution in [0, 0.1) is 0 Å². The molecule has 3 aromatic rings. The van der Waals surface area contributed by atoms with Crippen LogP contribution in [0.2, 0.25) is 0 Å². The molecule has 6 nitrogen and oxygen atoms in total. The molecule has 0 aliphatic rings. The molecule has 1 aromatic carbocycles. The highest BCUT2D eigenvalue weighted by molar-refractivity contribution is 5.95. The average molecular weight is 322 g/mol. The van der Waals surface area contributed by atoms with Gasteiger partial charge in [0, 0.05) is 18.6 Å². The number of carbonyl (C=O) groups excluding carboxylic acids is 1. The summed E-state index contributed by atoms with van der Waals surface area (Å²) in [6.07, 6.45) is 5.06. The number of para-hydroxylation sites is 1. The van der Waals surface area contributed by atoms with Crippen LogP contribution in [0.5, 0.6) is 5.75 Å². The number of pyridine rings is 1. The van der Waals surface area contributed by atoms with E-state index in [0.717, 1.165) is 0 Å². The van der Waals surface area contributed by atoms with E-state index in [1.807, 2.05) is 37.3 Å². The first-order chi connectivity index (χ1) is 11.8. The molecule has 0 spiro atoms. The molecule has 2 aromatic heterocycles. The number of aromatic nitrogens is 3. The van der Waals surface area contributed by atoms with Crippen molar-refractivity contribution in [1.29, 1.82) is 0 Å². The molecule has 6 heteroatoms. The van der Waals surface area contributed by atoms with Crippen LogP contribution in [0.1, 0.15) is 13.3 Å². The predicted molar refractivity (Wildman–Crippen MR) is 91.1 cm³/mol. The van der Waals surface area contributed by atoms with Gasteiger partial charge in [0.25, 0.3) is 5.91 Å². The number of rotatable bonds is 6. The molecular weight excluding hydrogens is 304 g/mol. The van der Waals surface area contributed by atoms with Crippen molar-refractivity contribution in [3.63, 3.8) is 0 Å². The number of ether oxygens (including phenoxy) is 1. The molecular formula is C18H18N4O2. The lowest BCUT2D eigenvalue weighted by molar-refractivity contribution is -0.122. The van der Waals surface area contributed by atoms with Crippen LogP contribution in [0.4, 0.5) is 5.69 Å². The van der Waals surface area contributed by atoms with Crippen molar-refractivity contribution in [1.82, 2.24) is 14.8 Å². The fourth-order valence-electron chi connectivity index (χ4n) is 2.27. The number of benzene rings is 1. The molecule has 0 aliphatic carbocycles. The van der Waals surface area contributed by atoms with Gasteiger partial charge >= 0.3 is 0 Å². The summed E-state index contributed by atoms with van der Waals surface area (Å²) in [5.74, 6) is 1.01. The molecule has 0 radical (unpaired) electrons. The largest absolute Gasteiger partial charge is 0.481 e. The number of hydrogen-bond acceptors (Lipinski definition) is 4. The maximum atomic E-state index is 12.6. The second-order valence-electron chi connectivity index (χ2n) is 5.14. The van der Waals surface area contributed by atoms with Crippen molar-refractivity contribution in [2.45, 2.75) is 19.4 Å². The summed E-state index contributed by atoms with van der Waals surface area (Å²) < 4.78 is 7.38. The van der Waals surface area contributed by atoms with Gasteiger partial charge in [0.2, 0.25) is 0 Å². The van der Waals surface area contributed by atoms with Crippen LogP contribution in [0.3, 0.4) is 0 Å². The normalized spacial score (nSPS) is 11.7.